The van der Waals surface area contributed by atoms with E-state index in [1.165, 1.54) is 5.57 Å². The first-order valence-electron chi connectivity index (χ1n) is 10.9. The minimum atomic E-state index is 0.877. The summed E-state index contributed by atoms with van der Waals surface area (Å²) < 4.78 is 0. The molecular formula is C27H29N5. The van der Waals surface area contributed by atoms with Gasteiger partial charge in [-0.3, -0.25) is 10.1 Å². The van der Waals surface area contributed by atoms with Gasteiger partial charge in [-0.2, -0.15) is 5.10 Å². The van der Waals surface area contributed by atoms with Crippen molar-refractivity contribution in [3.05, 3.63) is 101 Å². The van der Waals surface area contributed by atoms with E-state index in [1.54, 1.807) is 12.3 Å². The second-order valence-corrected chi connectivity index (χ2v) is 7.79. The summed E-state index contributed by atoms with van der Waals surface area (Å²) in [5.74, 6) is 0. The van der Waals surface area contributed by atoms with Crippen molar-refractivity contribution in [2.45, 2.75) is 20.3 Å². The molecule has 32 heavy (non-hydrogen) atoms. The van der Waals surface area contributed by atoms with Crippen LogP contribution < -0.4 is 15.9 Å². The van der Waals surface area contributed by atoms with Gasteiger partial charge in [0.05, 0.1) is 16.7 Å². The second kappa shape index (κ2) is 9.62. The number of nitrogens with zero attached hydrogens (tertiary/aromatic N) is 2. The standard InChI is InChI=1S/C27H29N5/c1-5-9-21(25-10-7-8-13-29-25)22-17-26(30-19(22)4)27-23(24(6-2)31-32-27)16-18(3)20-11-14-28-15-12-20/h5-11,13,16-17,28,30-31H,1,3,12,14-15H2,2,4H3/b21-9+,23-16+,24-6+. The fraction of sp³-hybridized carbons (Fsp3) is 0.185. The van der Waals surface area contributed by atoms with Gasteiger partial charge < -0.3 is 10.3 Å². The molecule has 0 bridgehead atoms. The molecule has 0 fully saturated rings. The molecule has 1 aliphatic rings. The molecule has 0 saturated carbocycles. The highest BCUT2D eigenvalue weighted by Gasteiger charge is 2.16. The molecule has 5 heteroatoms. The summed E-state index contributed by atoms with van der Waals surface area (Å²) >= 11 is 0. The Labute approximate surface area is 188 Å². The maximum atomic E-state index is 4.64. The van der Waals surface area contributed by atoms with Crippen LogP contribution in [0.25, 0.3) is 29.1 Å². The highest BCUT2D eigenvalue weighted by molar-refractivity contribution is 5.82. The second-order valence-electron chi connectivity index (χ2n) is 7.79. The van der Waals surface area contributed by atoms with Crippen molar-refractivity contribution in [2.75, 3.05) is 13.1 Å². The highest BCUT2D eigenvalue weighted by atomic mass is 15.1. The number of pyridine rings is 1. The molecule has 1 aliphatic heterocycles. The quantitative estimate of drug-likeness (QED) is 0.529. The van der Waals surface area contributed by atoms with Gasteiger partial charge >= 0.3 is 0 Å². The van der Waals surface area contributed by atoms with Crippen LogP contribution in [0.1, 0.15) is 30.3 Å². The third-order valence-electron chi connectivity index (χ3n) is 5.70. The smallest absolute Gasteiger partial charge is 0.116 e. The van der Waals surface area contributed by atoms with E-state index in [-0.39, 0.29) is 0 Å². The van der Waals surface area contributed by atoms with Crippen molar-refractivity contribution in [3.8, 4) is 11.4 Å². The molecule has 0 unspecified atom stereocenters. The lowest BCUT2D eigenvalue weighted by Crippen LogP contribution is -2.25. The SMILES string of the molecule is C=C/C=C(/c1ccccn1)c1cc(-c2n[nH]c(=C/C)/c2=C\C(=C)C2=CCNCC2)[nH]c1C. The summed E-state index contributed by atoms with van der Waals surface area (Å²) in [5.41, 5.74) is 8.20. The van der Waals surface area contributed by atoms with Crippen LogP contribution in [-0.2, 0) is 0 Å². The Hall–Kier alpha value is -3.70. The minimum Gasteiger partial charge on any atom is -0.357 e. The monoisotopic (exact) mass is 423 g/mol. The molecule has 0 aliphatic carbocycles. The summed E-state index contributed by atoms with van der Waals surface area (Å²) in [7, 11) is 0. The van der Waals surface area contributed by atoms with Crippen molar-refractivity contribution in [2.24, 2.45) is 0 Å². The van der Waals surface area contributed by atoms with E-state index in [2.05, 4.69) is 63.8 Å². The first-order chi connectivity index (χ1) is 15.6. The number of hydrogen-bond donors (Lipinski definition) is 3. The fourth-order valence-electron chi connectivity index (χ4n) is 4.04. The normalized spacial score (nSPS) is 15.7. The Morgan fingerprint density at radius 2 is 2.12 bits per heavy atom. The Morgan fingerprint density at radius 1 is 1.25 bits per heavy atom. The Kier molecular flexibility index (Phi) is 6.47. The summed E-state index contributed by atoms with van der Waals surface area (Å²) in [6.45, 7) is 14.2. The molecule has 3 N–H and O–H groups in total. The van der Waals surface area contributed by atoms with Crippen molar-refractivity contribution < 1.29 is 0 Å². The van der Waals surface area contributed by atoms with Gasteiger partial charge in [0.2, 0.25) is 0 Å². The molecule has 162 valence electrons. The lowest BCUT2D eigenvalue weighted by atomic mass is 10.00. The summed E-state index contributed by atoms with van der Waals surface area (Å²) in [6.07, 6.45) is 13.0. The Morgan fingerprint density at radius 3 is 2.81 bits per heavy atom. The lowest BCUT2D eigenvalue weighted by Gasteiger charge is -2.13. The summed E-state index contributed by atoms with van der Waals surface area (Å²) in [5, 5.41) is 13.2. The average molecular weight is 424 g/mol. The van der Waals surface area contributed by atoms with Gasteiger partial charge in [-0.15, -0.1) is 0 Å². The van der Waals surface area contributed by atoms with Gasteiger partial charge in [-0.05, 0) is 62.2 Å². The van der Waals surface area contributed by atoms with Gasteiger partial charge in [0.15, 0.2) is 0 Å². The average Bonchev–Trinajstić information content (AvgIpc) is 3.41. The van der Waals surface area contributed by atoms with Gasteiger partial charge in [0.25, 0.3) is 0 Å². The van der Waals surface area contributed by atoms with E-state index in [9.17, 15) is 0 Å². The molecule has 0 saturated heterocycles. The predicted molar refractivity (Wildman–Crippen MR) is 133 cm³/mol. The third-order valence-corrected chi connectivity index (χ3v) is 5.70. The third kappa shape index (κ3) is 4.34. The number of nitrogens with one attached hydrogen (secondary N) is 3. The zero-order valence-electron chi connectivity index (χ0n) is 18.7. The first-order valence-corrected chi connectivity index (χ1v) is 10.9. The van der Waals surface area contributed by atoms with Crippen LogP contribution >= 0.6 is 0 Å². The minimum absolute atomic E-state index is 0.877. The van der Waals surface area contributed by atoms with Crippen molar-refractivity contribution in [3.63, 3.8) is 0 Å². The van der Waals surface area contributed by atoms with Gasteiger partial charge in [-0.1, -0.05) is 43.5 Å². The molecule has 0 atom stereocenters. The van der Waals surface area contributed by atoms with Crippen molar-refractivity contribution in [1.82, 2.24) is 25.5 Å². The van der Waals surface area contributed by atoms with E-state index in [0.717, 1.165) is 69.6 Å². The Balaban J connectivity index is 1.81. The molecule has 0 aromatic carbocycles. The molecule has 0 radical (unpaired) electrons. The maximum Gasteiger partial charge on any atom is 0.116 e. The zero-order valence-corrected chi connectivity index (χ0v) is 18.7. The molecular weight excluding hydrogens is 394 g/mol. The number of aromatic nitrogens is 4. The van der Waals surface area contributed by atoms with E-state index in [1.807, 2.05) is 37.3 Å². The van der Waals surface area contributed by atoms with E-state index < -0.39 is 0 Å². The van der Waals surface area contributed by atoms with E-state index in [0.29, 0.717) is 0 Å². The van der Waals surface area contributed by atoms with Crippen LogP contribution in [0.4, 0.5) is 0 Å². The largest absolute Gasteiger partial charge is 0.357 e. The van der Waals surface area contributed by atoms with Crippen LogP contribution in [0.15, 0.2) is 73.0 Å². The van der Waals surface area contributed by atoms with E-state index in [4.69, 9.17) is 0 Å². The van der Waals surface area contributed by atoms with Crippen LogP contribution in [-0.4, -0.2) is 33.3 Å². The number of aromatic amines is 2. The molecule has 4 heterocycles. The van der Waals surface area contributed by atoms with Gasteiger partial charge in [0, 0.05) is 34.8 Å². The maximum absolute atomic E-state index is 4.64. The molecule has 0 spiro atoms. The van der Waals surface area contributed by atoms with Gasteiger partial charge in [-0.25, -0.2) is 0 Å². The molecule has 0 amide bonds. The molecule has 3 aromatic rings. The summed E-state index contributed by atoms with van der Waals surface area (Å²) in [4.78, 5) is 8.06. The number of H-pyrrole nitrogens is 2. The zero-order chi connectivity index (χ0) is 22.5. The summed E-state index contributed by atoms with van der Waals surface area (Å²) in [6, 6.07) is 8.06. The highest BCUT2D eigenvalue weighted by Crippen LogP contribution is 2.28. The van der Waals surface area contributed by atoms with Crippen LogP contribution in [0.2, 0.25) is 0 Å². The molecule has 5 nitrogen and oxygen atoms in total. The van der Waals surface area contributed by atoms with Gasteiger partial charge in [0.1, 0.15) is 5.69 Å². The molecule has 4 rings (SSSR count). The van der Waals surface area contributed by atoms with E-state index >= 15 is 0 Å². The predicted octanol–water partition coefficient (Wildman–Crippen LogP) is 3.78. The number of allylic oxidation sites excluding steroid dienone is 3. The number of rotatable bonds is 6. The number of hydrogen-bond acceptors (Lipinski definition) is 3. The molecule has 3 aromatic heterocycles. The van der Waals surface area contributed by atoms with Crippen LogP contribution in [0, 0.1) is 6.92 Å². The fourth-order valence-corrected chi connectivity index (χ4v) is 4.04. The van der Waals surface area contributed by atoms with Crippen LogP contribution in [0.5, 0.6) is 0 Å². The topological polar surface area (TPSA) is 69.4 Å². The van der Waals surface area contributed by atoms with Crippen LogP contribution in [0.3, 0.4) is 0 Å². The first kappa shape index (κ1) is 21.5. The number of aryl methyl sites for hydroxylation is 1. The lowest BCUT2D eigenvalue weighted by molar-refractivity contribution is 0.710. The van der Waals surface area contributed by atoms with Crippen molar-refractivity contribution >= 4 is 17.7 Å². The van der Waals surface area contributed by atoms with Crippen molar-refractivity contribution in [1.29, 1.82) is 0 Å². The Bertz CT molecular complexity index is 1320.